The highest BCUT2D eigenvalue weighted by molar-refractivity contribution is 5.78. The van der Waals surface area contributed by atoms with Crippen LogP contribution in [-0.4, -0.2) is 23.7 Å². The molecule has 0 fully saturated rings. The van der Waals surface area contributed by atoms with Gasteiger partial charge in [-0.3, -0.25) is 4.79 Å². The molecule has 0 spiro atoms. The molecule has 0 aliphatic heterocycles. The van der Waals surface area contributed by atoms with Crippen LogP contribution in [0.25, 0.3) is 0 Å². The van der Waals surface area contributed by atoms with Gasteiger partial charge in [0.1, 0.15) is 18.1 Å². The second-order valence-electron chi connectivity index (χ2n) is 5.38. The Bertz CT molecular complexity index is 698. The van der Waals surface area contributed by atoms with Gasteiger partial charge in [0, 0.05) is 6.07 Å². The number of carbonyl (C=O) groups is 1. The largest absolute Gasteiger partial charge is 0.491 e. The molecule has 1 aromatic carbocycles. The topological polar surface area (TPSA) is 64.4 Å². The van der Waals surface area contributed by atoms with E-state index in [9.17, 15) is 18.0 Å². The number of aryl methyl sites for hydroxylation is 1. The number of hydrogen-bond acceptors (Lipinski definition) is 4. The molecule has 0 saturated carbocycles. The highest BCUT2D eigenvalue weighted by atomic mass is 19.4. The number of para-hydroxylation sites is 1. The highest BCUT2D eigenvalue weighted by Gasteiger charge is 2.34. The lowest BCUT2D eigenvalue weighted by molar-refractivity contribution is -0.139. The van der Waals surface area contributed by atoms with E-state index in [1.165, 1.54) is 18.2 Å². The molecular weight excluding hydrogens is 325 g/mol. The number of nitrogens with one attached hydrogen (secondary N) is 1. The Labute approximate surface area is 136 Å². The van der Waals surface area contributed by atoms with Crippen molar-refractivity contribution in [3.8, 4) is 5.75 Å². The lowest BCUT2D eigenvalue weighted by Gasteiger charge is -2.17. The standard InChI is InChI=1S/C16H17F3N2O3/c1-10(20-15(22)8-12-7-11(2)24-21-12)9-23-14-6-4-3-5-13(14)16(17,18)19/h3-7,10H,8-9H2,1-2H3,(H,20,22). The maximum Gasteiger partial charge on any atom is 0.419 e. The van der Waals surface area contributed by atoms with Crippen LogP contribution < -0.4 is 10.1 Å². The monoisotopic (exact) mass is 342 g/mol. The van der Waals surface area contributed by atoms with Gasteiger partial charge in [-0.2, -0.15) is 13.2 Å². The van der Waals surface area contributed by atoms with Crippen molar-refractivity contribution in [1.29, 1.82) is 0 Å². The number of benzene rings is 1. The molecule has 0 radical (unpaired) electrons. The van der Waals surface area contributed by atoms with Crippen LogP contribution in [0.3, 0.4) is 0 Å². The summed E-state index contributed by atoms with van der Waals surface area (Å²) >= 11 is 0. The summed E-state index contributed by atoms with van der Waals surface area (Å²) in [5, 5.41) is 6.34. The van der Waals surface area contributed by atoms with Gasteiger partial charge >= 0.3 is 6.18 Å². The van der Waals surface area contributed by atoms with E-state index in [4.69, 9.17) is 9.26 Å². The molecule has 1 aromatic heterocycles. The molecule has 0 bridgehead atoms. The van der Waals surface area contributed by atoms with Gasteiger partial charge in [-0.05, 0) is 26.0 Å². The molecule has 8 heteroatoms. The number of nitrogens with zero attached hydrogens (tertiary/aromatic N) is 1. The van der Waals surface area contributed by atoms with Crippen molar-refractivity contribution in [3.63, 3.8) is 0 Å². The van der Waals surface area contributed by atoms with Crippen LogP contribution in [0, 0.1) is 6.92 Å². The zero-order valence-corrected chi connectivity index (χ0v) is 13.2. The van der Waals surface area contributed by atoms with E-state index in [0.29, 0.717) is 11.5 Å². The predicted molar refractivity (Wildman–Crippen MR) is 79.5 cm³/mol. The lowest BCUT2D eigenvalue weighted by Crippen LogP contribution is -2.37. The van der Waals surface area contributed by atoms with E-state index in [2.05, 4.69) is 10.5 Å². The van der Waals surface area contributed by atoms with Crippen LogP contribution in [0.2, 0.25) is 0 Å². The van der Waals surface area contributed by atoms with Gasteiger partial charge in [0.15, 0.2) is 0 Å². The van der Waals surface area contributed by atoms with Gasteiger partial charge in [0.05, 0.1) is 23.7 Å². The smallest absolute Gasteiger partial charge is 0.419 e. The summed E-state index contributed by atoms with van der Waals surface area (Å²) in [5.41, 5.74) is -0.359. The van der Waals surface area contributed by atoms with Crippen LogP contribution in [0.15, 0.2) is 34.9 Å². The molecule has 1 heterocycles. The van der Waals surface area contributed by atoms with Crippen molar-refractivity contribution in [3.05, 3.63) is 47.3 Å². The first-order valence-electron chi connectivity index (χ1n) is 7.26. The Balaban J connectivity index is 1.87. The summed E-state index contributed by atoms with van der Waals surface area (Å²) in [6.07, 6.45) is -4.46. The fraction of sp³-hybridized carbons (Fsp3) is 0.375. The zero-order chi connectivity index (χ0) is 17.7. The van der Waals surface area contributed by atoms with E-state index in [0.717, 1.165) is 6.07 Å². The van der Waals surface area contributed by atoms with Crippen LogP contribution in [0.4, 0.5) is 13.2 Å². The Hall–Kier alpha value is -2.51. The second-order valence-corrected chi connectivity index (χ2v) is 5.38. The first-order valence-corrected chi connectivity index (χ1v) is 7.26. The Kier molecular flexibility index (Phi) is 5.48. The van der Waals surface area contributed by atoms with Crippen LogP contribution >= 0.6 is 0 Å². The molecule has 24 heavy (non-hydrogen) atoms. The van der Waals surface area contributed by atoms with Crippen molar-refractivity contribution in [2.45, 2.75) is 32.5 Å². The van der Waals surface area contributed by atoms with E-state index in [-0.39, 0.29) is 24.7 Å². The van der Waals surface area contributed by atoms with E-state index < -0.39 is 17.8 Å². The van der Waals surface area contributed by atoms with Crippen LogP contribution in [-0.2, 0) is 17.4 Å². The third kappa shape index (κ3) is 5.00. The van der Waals surface area contributed by atoms with E-state index >= 15 is 0 Å². The lowest BCUT2D eigenvalue weighted by atomic mass is 10.2. The van der Waals surface area contributed by atoms with E-state index in [1.807, 2.05) is 0 Å². The average Bonchev–Trinajstić information content (AvgIpc) is 2.89. The number of halogens is 3. The van der Waals surface area contributed by atoms with Gasteiger partial charge in [-0.15, -0.1) is 0 Å². The van der Waals surface area contributed by atoms with Crippen molar-refractivity contribution < 1.29 is 27.2 Å². The number of alkyl halides is 3. The van der Waals surface area contributed by atoms with Crippen molar-refractivity contribution in [2.75, 3.05) is 6.61 Å². The summed E-state index contributed by atoms with van der Waals surface area (Å²) in [5.74, 6) is 0.0136. The van der Waals surface area contributed by atoms with Crippen molar-refractivity contribution >= 4 is 5.91 Å². The molecule has 0 aliphatic carbocycles. The molecule has 1 amide bonds. The minimum atomic E-state index is -4.49. The van der Waals surface area contributed by atoms with Gasteiger partial charge in [-0.25, -0.2) is 0 Å². The number of carbonyl (C=O) groups excluding carboxylic acids is 1. The van der Waals surface area contributed by atoms with E-state index in [1.54, 1.807) is 19.9 Å². The highest BCUT2D eigenvalue weighted by Crippen LogP contribution is 2.35. The van der Waals surface area contributed by atoms with Gasteiger partial charge in [0.2, 0.25) is 5.91 Å². The van der Waals surface area contributed by atoms with Crippen LogP contribution in [0.1, 0.15) is 23.9 Å². The molecule has 1 N–H and O–H groups in total. The average molecular weight is 342 g/mol. The zero-order valence-electron chi connectivity index (χ0n) is 13.2. The maximum atomic E-state index is 12.9. The third-order valence-electron chi connectivity index (χ3n) is 3.11. The van der Waals surface area contributed by atoms with Gasteiger partial charge in [-0.1, -0.05) is 17.3 Å². The van der Waals surface area contributed by atoms with Gasteiger partial charge in [0.25, 0.3) is 0 Å². The number of hydrogen-bond donors (Lipinski definition) is 1. The summed E-state index contributed by atoms with van der Waals surface area (Å²) in [7, 11) is 0. The quantitative estimate of drug-likeness (QED) is 0.876. The van der Waals surface area contributed by atoms with Crippen molar-refractivity contribution in [2.24, 2.45) is 0 Å². The van der Waals surface area contributed by atoms with Gasteiger partial charge < -0.3 is 14.6 Å². The predicted octanol–water partition coefficient (Wildman–Crippen LogP) is 3.13. The molecule has 2 rings (SSSR count). The Morgan fingerprint density at radius 2 is 2.08 bits per heavy atom. The third-order valence-corrected chi connectivity index (χ3v) is 3.11. The number of amides is 1. The second kappa shape index (κ2) is 7.37. The fourth-order valence-electron chi connectivity index (χ4n) is 2.07. The molecule has 5 nitrogen and oxygen atoms in total. The van der Waals surface area contributed by atoms with Crippen LogP contribution in [0.5, 0.6) is 5.75 Å². The van der Waals surface area contributed by atoms with Crippen molar-refractivity contribution in [1.82, 2.24) is 10.5 Å². The number of aromatic nitrogens is 1. The summed E-state index contributed by atoms with van der Waals surface area (Å²) in [4.78, 5) is 11.8. The molecule has 2 aromatic rings. The first kappa shape index (κ1) is 17.8. The molecule has 130 valence electrons. The summed E-state index contributed by atoms with van der Waals surface area (Å²) < 4.78 is 48.7. The molecule has 0 saturated heterocycles. The molecular formula is C16H17F3N2O3. The summed E-state index contributed by atoms with van der Waals surface area (Å²) in [6, 6.07) is 6.12. The SMILES string of the molecule is Cc1cc(CC(=O)NC(C)COc2ccccc2C(F)(F)F)no1. The minimum Gasteiger partial charge on any atom is -0.491 e. The fourth-order valence-corrected chi connectivity index (χ4v) is 2.07. The molecule has 1 unspecified atom stereocenters. The number of rotatable bonds is 6. The maximum absolute atomic E-state index is 12.9. The number of ether oxygens (including phenoxy) is 1. The molecule has 0 aliphatic rings. The Morgan fingerprint density at radius 3 is 2.71 bits per heavy atom. The summed E-state index contributed by atoms with van der Waals surface area (Å²) in [6.45, 7) is 3.27. The molecule has 1 atom stereocenters. The Morgan fingerprint density at radius 1 is 1.38 bits per heavy atom. The first-order chi connectivity index (χ1) is 11.3. The minimum absolute atomic E-state index is 0.0286. The normalized spacial score (nSPS) is 12.7.